The quantitative estimate of drug-likeness (QED) is 0.599. The average molecular weight is 432 g/mol. The Hall–Kier alpha value is -3.49. The molecule has 3 amide bonds. The first-order valence-corrected chi connectivity index (χ1v) is 9.58. The summed E-state index contributed by atoms with van der Waals surface area (Å²) >= 11 is 0. The number of ether oxygens (including phenoxy) is 2. The molecule has 0 unspecified atom stereocenters. The van der Waals surface area contributed by atoms with Crippen LogP contribution in [0, 0.1) is 0 Å². The lowest BCUT2D eigenvalue weighted by Gasteiger charge is -2.19. The smallest absolute Gasteiger partial charge is 0.387 e. The number of imide groups is 1. The molecule has 2 aromatic carbocycles. The lowest BCUT2D eigenvalue weighted by atomic mass is 10.1. The summed E-state index contributed by atoms with van der Waals surface area (Å²) in [5, 5.41) is 0. The molecule has 2 aromatic rings. The first kappa shape index (κ1) is 22.2. The zero-order chi connectivity index (χ0) is 22.5. The number of hydrogen-bond acceptors (Lipinski definition) is 5. The van der Waals surface area contributed by atoms with Crippen LogP contribution in [0.4, 0.5) is 8.78 Å². The van der Waals surface area contributed by atoms with E-state index in [1.807, 2.05) is 0 Å². The fourth-order valence-electron chi connectivity index (χ4n) is 3.30. The Morgan fingerprint density at radius 3 is 2.23 bits per heavy atom. The number of halogens is 2. The Morgan fingerprint density at radius 2 is 1.65 bits per heavy atom. The van der Waals surface area contributed by atoms with Crippen molar-refractivity contribution in [2.24, 2.45) is 0 Å². The van der Waals surface area contributed by atoms with Gasteiger partial charge in [0.1, 0.15) is 0 Å². The van der Waals surface area contributed by atoms with Crippen molar-refractivity contribution in [3.05, 3.63) is 59.2 Å². The molecule has 1 fully saturated rings. The van der Waals surface area contributed by atoms with E-state index in [1.54, 1.807) is 37.4 Å². The summed E-state index contributed by atoms with van der Waals surface area (Å²) in [7, 11) is 2.96. The fourth-order valence-corrected chi connectivity index (χ4v) is 3.30. The van der Waals surface area contributed by atoms with Crippen molar-refractivity contribution in [3.63, 3.8) is 0 Å². The fraction of sp³-hybridized carbons (Fsp3) is 0.318. The van der Waals surface area contributed by atoms with Crippen molar-refractivity contribution in [1.29, 1.82) is 0 Å². The van der Waals surface area contributed by atoms with Crippen molar-refractivity contribution in [2.75, 3.05) is 14.2 Å². The van der Waals surface area contributed by atoms with Gasteiger partial charge in [-0.05, 0) is 35.4 Å². The van der Waals surface area contributed by atoms with Gasteiger partial charge in [-0.25, -0.2) is 0 Å². The van der Waals surface area contributed by atoms with Gasteiger partial charge in [-0.1, -0.05) is 18.2 Å². The summed E-state index contributed by atoms with van der Waals surface area (Å²) in [4.78, 5) is 38.9. The van der Waals surface area contributed by atoms with Crippen LogP contribution in [0.15, 0.2) is 42.5 Å². The van der Waals surface area contributed by atoms with Crippen LogP contribution in [-0.2, 0) is 22.7 Å². The average Bonchev–Trinajstić information content (AvgIpc) is 3.06. The van der Waals surface area contributed by atoms with Gasteiger partial charge in [-0.3, -0.25) is 19.3 Å². The van der Waals surface area contributed by atoms with Gasteiger partial charge in [0.15, 0.2) is 11.5 Å². The molecule has 3 rings (SSSR count). The molecule has 7 nitrogen and oxygen atoms in total. The molecule has 0 spiro atoms. The summed E-state index contributed by atoms with van der Waals surface area (Å²) < 4.78 is 34.4. The third-order valence-electron chi connectivity index (χ3n) is 4.91. The first-order valence-electron chi connectivity index (χ1n) is 9.58. The largest absolute Gasteiger partial charge is 0.493 e. The lowest BCUT2D eigenvalue weighted by molar-refractivity contribution is -0.139. The standard InChI is InChI=1S/C22H22F2N2O5/c1-25(12-15-5-8-17(31-22(23)24)18(11-15)30-2)21(29)16-6-3-14(4-7-16)13-26-19(27)9-10-20(26)28/h3-8,11,22H,9-10,12-13H2,1-2H3. The van der Waals surface area contributed by atoms with E-state index in [1.165, 1.54) is 29.0 Å². The predicted molar refractivity (Wildman–Crippen MR) is 107 cm³/mol. The summed E-state index contributed by atoms with van der Waals surface area (Å²) in [6.07, 6.45) is 0.473. The molecule has 0 aliphatic carbocycles. The maximum atomic E-state index is 12.7. The highest BCUT2D eigenvalue weighted by Gasteiger charge is 2.28. The van der Waals surface area contributed by atoms with Gasteiger partial charge in [-0.2, -0.15) is 8.78 Å². The number of benzene rings is 2. The predicted octanol–water partition coefficient (Wildman–Crippen LogP) is 3.22. The minimum Gasteiger partial charge on any atom is -0.493 e. The topological polar surface area (TPSA) is 76.2 Å². The van der Waals surface area contributed by atoms with Crippen LogP contribution in [0.1, 0.15) is 34.3 Å². The Balaban J connectivity index is 1.64. The third kappa shape index (κ3) is 5.36. The van der Waals surface area contributed by atoms with Gasteiger partial charge >= 0.3 is 6.61 Å². The van der Waals surface area contributed by atoms with Crippen molar-refractivity contribution >= 4 is 17.7 Å². The maximum absolute atomic E-state index is 12.7. The van der Waals surface area contributed by atoms with Gasteiger partial charge in [0.2, 0.25) is 11.8 Å². The Labute approximate surface area is 178 Å². The number of alkyl halides is 2. The molecule has 1 aliphatic heterocycles. The molecule has 0 radical (unpaired) electrons. The minimum absolute atomic E-state index is 0.0826. The summed E-state index contributed by atoms with van der Waals surface area (Å²) in [6, 6.07) is 11.2. The Kier molecular flexibility index (Phi) is 6.84. The molecular weight excluding hydrogens is 410 g/mol. The highest BCUT2D eigenvalue weighted by Crippen LogP contribution is 2.30. The number of carbonyl (C=O) groups excluding carboxylic acids is 3. The second-order valence-electron chi connectivity index (χ2n) is 7.10. The molecular formula is C22H22F2N2O5. The number of likely N-dealkylation sites (tertiary alicyclic amines) is 1. The van der Waals surface area contributed by atoms with Crippen LogP contribution in [-0.4, -0.2) is 48.3 Å². The molecule has 0 bridgehead atoms. The molecule has 1 aliphatic rings. The molecule has 0 N–H and O–H groups in total. The molecule has 164 valence electrons. The normalized spacial score (nSPS) is 13.6. The molecule has 0 aromatic heterocycles. The zero-order valence-electron chi connectivity index (χ0n) is 17.1. The number of methoxy groups -OCH3 is 1. The maximum Gasteiger partial charge on any atom is 0.387 e. The molecule has 0 atom stereocenters. The highest BCUT2D eigenvalue weighted by atomic mass is 19.3. The van der Waals surface area contributed by atoms with E-state index in [9.17, 15) is 23.2 Å². The van der Waals surface area contributed by atoms with Crippen molar-refractivity contribution < 1.29 is 32.6 Å². The van der Waals surface area contributed by atoms with Gasteiger partial charge in [0.05, 0.1) is 13.7 Å². The molecule has 9 heteroatoms. The van der Waals surface area contributed by atoms with E-state index in [-0.39, 0.29) is 55.2 Å². The number of nitrogens with zero attached hydrogens (tertiary/aromatic N) is 2. The summed E-state index contributed by atoms with van der Waals surface area (Å²) in [6.45, 7) is -2.55. The van der Waals surface area contributed by atoms with E-state index in [2.05, 4.69) is 4.74 Å². The van der Waals surface area contributed by atoms with Gasteiger partial charge in [-0.15, -0.1) is 0 Å². The third-order valence-corrected chi connectivity index (χ3v) is 4.91. The number of rotatable bonds is 8. The number of carbonyl (C=O) groups is 3. The van der Waals surface area contributed by atoms with Crippen molar-refractivity contribution in [3.8, 4) is 11.5 Å². The van der Waals surface area contributed by atoms with Crippen LogP contribution in [0.25, 0.3) is 0 Å². The molecule has 1 heterocycles. The van der Waals surface area contributed by atoms with E-state index >= 15 is 0 Å². The molecule has 31 heavy (non-hydrogen) atoms. The number of hydrogen-bond donors (Lipinski definition) is 0. The summed E-state index contributed by atoms with van der Waals surface area (Å²) in [5.41, 5.74) is 1.87. The van der Waals surface area contributed by atoms with Gasteiger partial charge in [0.25, 0.3) is 5.91 Å². The second-order valence-corrected chi connectivity index (χ2v) is 7.10. The Bertz CT molecular complexity index is 962. The zero-order valence-corrected chi connectivity index (χ0v) is 17.1. The van der Waals surface area contributed by atoms with Crippen LogP contribution < -0.4 is 9.47 Å². The molecule has 1 saturated heterocycles. The SMILES string of the molecule is COc1cc(CN(C)C(=O)c2ccc(CN3C(=O)CCC3=O)cc2)ccc1OC(F)F. The van der Waals surface area contributed by atoms with Crippen molar-refractivity contribution in [1.82, 2.24) is 9.80 Å². The minimum atomic E-state index is -2.96. The van der Waals surface area contributed by atoms with Gasteiger partial charge in [0, 0.05) is 32.0 Å². The highest BCUT2D eigenvalue weighted by molar-refractivity contribution is 6.01. The van der Waals surface area contributed by atoms with Crippen molar-refractivity contribution in [2.45, 2.75) is 32.5 Å². The Morgan fingerprint density at radius 1 is 1.03 bits per heavy atom. The van der Waals surface area contributed by atoms with E-state index in [0.29, 0.717) is 11.1 Å². The van der Waals surface area contributed by atoms with Gasteiger partial charge < -0.3 is 14.4 Å². The van der Waals surface area contributed by atoms with Crippen LogP contribution in [0.5, 0.6) is 11.5 Å². The van der Waals surface area contributed by atoms with E-state index < -0.39 is 6.61 Å². The van der Waals surface area contributed by atoms with Crippen LogP contribution in [0.2, 0.25) is 0 Å². The van der Waals surface area contributed by atoms with E-state index in [4.69, 9.17) is 4.74 Å². The monoisotopic (exact) mass is 432 g/mol. The first-order chi connectivity index (χ1) is 14.8. The number of amides is 3. The van der Waals surface area contributed by atoms with E-state index in [0.717, 1.165) is 5.56 Å². The second kappa shape index (κ2) is 9.55. The van der Waals surface area contributed by atoms with Crippen LogP contribution in [0.3, 0.4) is 0 Å². The molecule has 0 saturated carbocycles. The summed E-state index contributed by atoms with van der Waals surface area (Å²) in [5.74, 6) is -0.558. The lowest BCUT2D eigenvalue weighted by Crippen LogP contribution is -2.28. The van der Waals surface area contributed by atoms with Crippen LogP contribution >= 0.6 is 0 Å².